The number of hydrogen-bond donors (Lipinski definition) is 3. The molecule has 0 aliphatic rings. The molecule has 2 aromatic rings. The van der Waals surface area contributed by atoms with Gasteiger partial charge < -0.3 is 15.3 Å². The van der Waals surface area contributed by atoms with E-state index in [1.54, 1.807) is 4.57 Å². The van der Waals surface area contributed by atoms with Crippen LogP contribution in [0.4, 0.5) is 0 Å². The van der Waals surface area contributed by atoms with Crippen LogP contribution < -0.4 is 4.57 Å². The molecule has 0 aliphatic heterocycles. The van der Waals surface area contributed by atoms with Gasteiger partial charge in [0.1, 0.15) is 0 Å². The number of rotatable bonds is 5. The van der Waals surface area contributed by atoms with E-state index in [1.165, 1.54) is 36.7 Å². The van der Waals surface area contributed by atoms with Gasteiger partial charge in [-0.05, 0) is 18.2 Å². The van der Waals surface area contributed by atoms with Crippen molar-refractivity contribution in [1.29, 1.82) is 0 Å². The zero-order valence-corrected chi connectivity index (χ0v) is 11.3. The number of pyridine rings is 1. The second-order valence-corrected chi connectivity index (χ2v) is 4.59. The normalized spacial score (nSPS) is 10.2. The monoisotopic (exact) mass is 302 g/mol. The summed E-state index contributed by atoms with van der Waals surface area (Å²) >= 11 is 0. The molecule has 0 radical (unpaired) electrons. The highest BCUT2D eigenvalue weighted by Crippen LogP contribution is 2.11. The van der Waals surface area contributed by atoms with E-state index >= 15 is 0 Å². The molecule has 112 valence electrons. The molecule has 7 nitrogen and oxygen atoms in total. The molecule has 0 atom stereocenters. The Morgan fingerprint density at radius 1 is 0.773 bits per heavy atom. The summed E-state index contributed by atoms with van der Waals surface area (Å²) in [5.74, 6) is -3.47. The lowest BCUT2D eigenvalue weighted by atomic mass is 10.1. The summed E-state index contributed by atoms with van der Waals surface area (Å²) in [4.78, 5) is 32.8. The minimum absolute atomic E-state index is 0.113. The van der Waals surface area contributed by atoms with Gasteiger partial charge in [-0.1, -0.05) is 0 Å². The Morgan fingerprint density at radius 2 is 1.23 bits per heavy atom. The van der Waals surface area contributed by atoms with Gasteiger partial charge in [-0.15, -0.1) is 0 Å². The maximum absolute atomic E-state index is 11.0. The van der Waals surface area contributed by atoms with Crippen molar-refractivity contribution in [2.75, 3.05) is 0 Å². The molecule has 0 unspecified atom stereocenters. The van der Waals surface area contributed by atoms with Crippen molar-refractivity contribution in [2.45, 2.75) is 6.54 Å². The van der Waals surface area contributed by atoms with Crippen molar-refractivity contribution in [1.82, 2.24) is 0 Å². The van der Waals surface area contributed by atoms with E-state index in [2.05, 4.69) is 0 Å². The molecule has 3 N–H and O–H groups in total. The predicted molar refractivity (Wildman–Crippen MR) is 73.1 cm³/mol. The van der Waals surface area contributed by atoms with Crippen LogP contribution in [0.1, 0.15) is 36.6 Å². The lowest BCUT2D eigenvalue weighted by Crippen LogP contribution is -2.33. The number of aromatic nitrogens is 1. The van der Waals surface area contributed by atoms with Gasteiger partial charge in [0.2, 0.25) is 0 Å². The number of carbonyl (C=O) groups is 3. The highest BCUT2D eigenvalue weighted by atomic mass is 16.4. The van der Waals surface area contributed by atoms with E-state index in [1.807, 2.05) is 0 Å². The van der Waals surface area contributed by atoms with Crippen LogP contribution in [0.3, 0.4) is 0 Å². The van der Waals surface area contributed by atoms with Gasteiger partial charge in [0, 0.05) is 17.7 Å². The second-order valence-electron chi connectivity index (χ2n) is 4.59. The number of aromatic carboxylic acids is 3. The molecule has 0 saturated carbocycles. The molecule has 0 spiro atoms. The zero-order valence-electron chi connectivity index (χ0n) is 11.3. The zero-order chi connectivity index (χ0) is 16.3. The van der Waals surface area contributed by atoms with Crippen LogP contribution in [-0.4, -0.2) is 33.2 Å². The molecule has 7 heteroatoms. The van der Waals surface area contributed by atoms with Crippen molar-refractivity contribution in [3.63, 3.8) is 0 Å². The lowest BCUT2D eigenvalue weighted by molar-refractivity contribution is -0.688. The molecule has 0 aliphatic carbocycles. The third-order valence-corrected chi connectivity index (χ3v) is 2.99. The maximum atomic E-state index is 11.0. The number of carboxylic acids is 3. The fraction of sp³-hybridized carbons (Fsp3) is 0.0667. The highest BCUT2D eigenvalue weighted by Gasteiger charge is 2.14. The number of benzene rings is 1. The topological polar surface area (TPSA) is 116 Å². The van der Waals surface area contributed by atoms with Crippen molar-refractivity contribution in [3.8, 4) is 0 Å². The van der Waals surface area contributed by atoms with Crippen molar-refractivity contribution in [3.05, 3.63) is 65.0 Å². The molecular formula is C15H12NO6+. The molecule has 0 fully saturated rings. The Bertz CT molecular complexity index is 719. The third-order valence-electron chi connectivity index (χ3n) is 2.99. The molecule has 1 aromatic heterocycles. The van der Waals surface area contributed by atoms with Gasteiger partial charge in [-0.2, -0.15) is 0 Å². The summed E-state index contributed by atoms with van der Waals surface area (Å²) < 4.78 is 1.62. The second kappa shape index (κ2) is 6.04. The molecule has 1 aromatic carbocycles. The van der Waals surface area contributed by atoms with Crippen LogP contribution in [-0.2, 0) is 6.54 Å². The molecule has 2 rings (SSSR count). The number of carboxylic acid groups (broad SMARTS) is 3. The summed E-state index contributed by atoms with van der Waals surface area (Å²) in [6, 6.07) is 6.66. The van der Waals surface area contributed by atoms with Crippen LogP contribution in [0.15, 0.2) is 42.7 Å². The summed E-state index contributed by atoms with van der Waals surface area (Å²) in [7, 11) is 0. The molecule has 0 bridgehead atoms. The summed E-state index contributed by atoms with van der Waals surface area (Å²) in [6.07, 6.45) is 3.05. The average molecular weight is 302 g/mol. The lowest BCUT2D eigenvalue weighted by Gasteiger charge is -2.03. The highest BCUT2D eigenvalue weighted by molar-refractivity contribution is 5.94. The van der Waals surface area contributed by atoms with Gasteiger partial charge in [-0.3, -0.25) is 0 Å². The fourth-order valence-corrected chi connectivity index (χ4v) is 1.95. The van der Waals surface area contributed by atoms with E-state index < -0.39 is 17.9 Å². The van der Waals surface area contributed by atoms with E-state index in [9.17, 15) is 14.4 Å². The molecule has 0 amide bonds. The average Bonchev–Trinajstić information content (AvgIpc) is 2.47. The van der Waals surface area contributed by atoms with E-state index in [-0.39, 0.29) is 23.2 Å². The van der Waals surface area contributed by atoms with Gasteiger partial charge in [0.05, 0.1) is 16.7 Å². The van der Waals surface area contributed by atoms with Gasteiger partial charge >= 0.3 is 17.9 Å². The van der Waals surface area contributed by atoms with Crippen molar-refractivity contribution in [2.24, 2.45) is 0 Å². The summed E-state index contributed by atoms with van der Waals surface area (Å²) in [6.45, 7) is 0.224. The molecule has 1 heterocycles. The summed E-state index contributed by atoms with van der Waals surface area (Å²) in [5, 5.41) is 26.8. The first kappa shape index (κ1) is 15.2. The quantitative estimate of drug-likeness (QED) is 0.713. The smallest absolute Gasteiger partial charge is 0.336 e. The number of hydrogen-bond acceptors (Lipinski definition) is 3. The van der Waals surface area contributed by atoms with Gasteiger partial charge in [0.25, 0.3) is 0 Å². The van der Waals surface area contributed by atoms with Gasteiger partial charge in [0.15, 0.2) is 18.9 Å². The van der Waals surface area contributed by atoms with E-state index in [4.69, 9.17) is 15.3 Å². The maximum Gasteiger partial charge on any atom is 0.336 e. The number of nitrogens with zero attached hydrogens (tertiary/aromatic N) is 1. The fourth-order valence-electron chi connectivity index (χ4n) is 1.95. The van der Waals surface area contributed by atoms with E-state index in [0.29, 0.717) is 5.56 Å². The molecular weight excluding hydrogens is 290 g/mol. The van der Waals surface area contributed by atoms with Crippen molar-refractivity contribution >= 4 is 17.9 Å². The largest absolute Gasteiger partial charge is 0.478 e. The standard InChI is InChI=1S/C15H11NO6/c17-13(18)10-1-3-16(4-2-10)8-9-5-11(14(19)20)7-12(6-9)15(21)22/h1-7H,8H2,(H2-,17,18,19,20,21,22)/p+1. The Kier molecular flexibility index (Phi) is 4.17. The summed E-state index contributed by atoms with van der Waals surface area (Å²) in [5.41, 5.74) is 0.391. The van der Waals surface area contributed by atoms with Crippen LogP contribution in [0.2, 0.25) is 0 Å². The van der Waals surface area contributed by atoms with Crippen LogP contribution >= 0.6 is 0 Å². The van der Waals surface area contributed by atoms with Crippen molar-refractivity contribution < 1.29 is 34.3 Å². The first-order valence-electron chi connectivity index (χ1n) is 6.20. The third kappa shape index (κ3) is 3.45. The van der Waals surface area contributed by atoms with Crippen LogP contribution in [0.5, 0.6) is 0 Å². The Morgan fingerprint density at radius 3 is 1.64 bits per heavy atom. The first-order chi connectivity index (χ1) is 10.4. The minimum atomic E-state index is -1.21. The SMILES string of the molecule is O=C(O)c1cc[n+](Cc2cc(C(=O)O)cc(C(=O)O)c2)cc1. The van der Waals surface area contributed by atoms with E-state index in [0.717, 1.165) is 6.07 Å². The predicted octanol–water partition coefficient (Wildman–Crippen LogP) is 1.12. The minimum Gasteiger partial charge on any atom is -0.478 e. The molecule has 22 heavy (non-hydrogen) atoms. The molecule has 0 saturated heterocycles. The Labute approximate surface area is 124 Å². The van der Waals surface area contributed by atoms with Crippen LogP contribution in [0, 0.1) is 0 Å². The first-order valence-corrected chi connectivity index (χ1v) is 6.20. The van der Waals surface area contributed by atoms with Crippen LogP contribution in [0.25, 0.3) is 0 Å². The Balaban J connectivity index is 2.33. The van der Waals surface area contributed by atoms with Gasteiger partial charge in [-0.25, -0.2) is 19.0 Å². The Hall–Kier alpha value is -3.22.